The Kier molecular flexibility index (Phi) is 4.20. The lowest BCUT2D eigenvalue weighted by Crippen LogP contribution is -1.93. The molecule has 1 aromatic rings. The Morgan fingerprint density at radius 3 is 2.30 bits per heavy atom. The van der Waals surface area contributed by atoms with Crippen LogP contribution < -0.4 is 5.73 Å². The topological polar surface area (TPSA) is 51.8 Å². The predicted molar refractivity (Wildman–Crippen MR) is 42.5 cm³/mol. The molecule has 0 amide bonds. The Balaban J connectivity index is 0.000000371. The first-order chi connectivity index (χ1) is 4.80. The van der Waals surface area contributed by atoms with Crippen molar-refractivity contribution in [3.05, 3.63) is 17.8 Å². The molecule has 0 atom stereocenters. The zero-order chi connectivity index (χ0) is 7.98. The lowest BCUT2D eigenvalue weighted by atomic mass is 10.3. The second-order valence-corrected chi connectivity index (χ2v) is 1.60. The van der Waals surface area contributed by atoms with Crippen molar-refractivity contribution in [3.63, 3.8) is 0 Å². The SMILES string of the molecule is CC.Cc1ccnnc1N. The Labute approximate surface area is 61.3 Å². The van der Waals surface area contributed by atoms with Crippen LogP contribution >= 0.6 is 0 Å². The average molecular weight is 139 g/mol. The highest BCUT2D eigenvalue weighted by Gasteiger charge is 1.87. The molecule has 0 aliphatic heterocycles. The second kappa shape index (κ2) is 4.73. The predicted octanol–water partition coefficient (Wildman–Crippen LogP) is 1.39. The number of nitrogen functional groups attached to an aromatic ring is 1. The smallest absolute Gasteiger partial charge is 0.148 e. The minimum Gasteiger partial charge on any atom is -0.382 e. The molecule has 3 nitrogen and oxygen atoms in total. The van der Waals surface area contributed by atoms with Crippen LogP contribution in [0.1, 0.15) is 19.4 Å². The molecule has 0 saturated heterocycles. The third-order valence-corrected chi connectivity index (χ3v) is 0.961. The molecule has 2 N–H and O–H groups in total. The molecule has 1 heterocycles. The van der Waals surface area contributed by atoms with Gasteiger partial charge in [0.2, 0.25) is 0 Å². The Morgan fingerprint density at radius 1 is 1.40 bits per heavy atom. The lowest BCUT2D eigenvalue weighted by Gasteiger charge is -1.91. The number of nitrogens with two attached hydrogens (primary N) is 1. The van der Waals surface area contributed by atoms with E-state index in [0.29, 0.717) is 5.82 Å². The summed E-state index contributed by atoms with van der Waals surface area (Å²) in [5.41, 5.74) is 6.32. The number of rotatable bonds is 0. The number of hydrogen-bond acceptors (Lipinski definition) is 3. The van der Waals surface area contributed by atoms with Crippen molar-refractivity contribution in [1.29, 1.82) is 0 Å². The molecule has 1 rings (SSSR count). The van der Waals surface area contributed by atoms with Crippen LogP contribution in [-0.4, -0.2) is 10.2 Å². The molecule has 10 heavy (non-hydrogen) atoms. The van der Waals surface area contributed by atoms with Crippen molar-refractivity contribution in [3.8, 4) is 0 Å². The molecular formula is C7H13N3. The van der Waals surface area contributed by atoms with Crippen molar-refractivity contribution < 1.29 is 0 Å². The summed E-state index contributed by atoms with van der Waals surface area (Å²) in [4.78, 5) is 0. The fraction of sp³-hybridized carbons (Fsp3) is 0.429. The van der Waals surface area contributed by atoms with Gasteiger partial charge >= 0.3 is 0 Å². The van der Waals surface area contributed by atoms with E-state index in [-0.39, 0.29) is 0 Å². The first-order valence-corrected chi connectivity index (χ1v) is 3.34. The van der Waals surface area contributed by atoms with Gasteiger partial charge in [0.05, 0.1) is 6.20 Å². The van der Waals surface area contributed by atoms with E-state index < -0.39 is 0 Å². The third kappa shape index (κ3) is 2.44. The molecule has 56 valence electrons. The molecule has 1 aromatic heterocycles. The fourth-order valence-electron chi connectivity index (χ4n) is 0.405. The van der Waals surface area contributed by atoms with Crippen molar-refractivity contribution in [2.24, 2.45) is 0 Å². The van der Waals surface area contributed by atoms with Crippen LogP contribution in [0.3, 0.4) is 0 Å². The number of anilines is 1. The molecule has 0 aliphatic carbocycles. The quantitative estimate of drug-likeness (QED) is 0.591. The monoisotopic (exact) mass is 139 g/mol. The highest BCUT2D eigenvalue weighted by atomic mass is 15.1. The Morgan fingerprint density at radius 2 is 2.00 bits per heavy atom. The lowest BCUT2D eigenvalue weighted by molar-refractivity contribution is 1.03. The van der Waals surface area contributed by atoms with E-state index in [0.717, 1.165) is 5.56 Å². The minimum absolute atomic E-state index is 0.507. The maximum absolute atomic E-state index is 5.35. The second-order valence-electron chi connectivity index (χ2n) is 1.60. The normalized spacial score (nSPS) is 7.90. The van der Waals surface area contributed by atoms with Gasteiger partial charge in [0.1, 0.15) is 5.82 Å². The maximum Gasteiger partial charge on any atom is 0.148 e. The van der Waals surface area contributed by atoms with E-state index in [1.54, 1.807) is 6.20 Å². The van der Waals surface area contributed by atoms with Crippen LogP contribution in [0.25, 0.3) is 0 Å². The zero-order valence-electron chi connectivity index (χ0n) is 6.63. The molecule has 0 fully saturated rings. The van der Waals surface area contributed by atoms with Gasteiger partial charge in [-0.15, -0.1) is 5.10 Å². The van der Waals surface area contributed by atoms with Crippen LogP contribution in [0.15, 0.2) is 12.3 Å². The van der Waals surface area contributed by atoms with Gasteiger partial charge < -0.3 is 5.73 Å². The number of aryl methyl sites for hydroxylation is 1. The van der Waals surface area contributed by atoms with Gasteiger partial charge in [-0.3, -0.25) is 0 Å². The molecule has 0 saturated carbocycles. The first-order valence-electron chi connectivity index (χ1n) is 3.34. The van der Waals surface area contributed by atoms with E-state index in [1.165, 1.54) is 0 Å². The van der Waals surface area contributed by atoms with E-state index in [1.807, 2.05) is 26.8 Å². The summed E-state index contributed by atoms with van der Waals surface area (Å²) >= 11 is 0. The first kappa shape index (κ1) is 8.88. The number of nitrogens with zero attached hydrogens (tertiary/aromatic N) is 2. The van der Waals surface area contributed by atoms with E-state index in [4.69, 9.17) is 5.73 Å². The van der Waals surface area contributed by atoms with Gasteiger partial charge in [-0.2, -0.15) is 5.10 Å². The molecule has 0 aliphatic rings. The molecule has 0 radical (unpaired) electrons. The molecular weight excluding hydrogens is 126 g/mol. The van der Waals surface area contributed by atoms with Gasteiger partial charge in [-0.1, -0.05) is 13.8 Å². The molecule has 0 aromatic carbocycles. The fourth-order valence-corrected chi connectivity index (χ4v) is 0.405. The van der Waals surface area contributed by atoms with Crippen molar-refractivity contribution >= 4 is 5.82 Å². The van der Waals surface area contributed by atoms with Crippen molar-refractivity contribution in [2.45, 2.75) is 20.8 Å². The number of hydrogen-bond donors (Lipinski definition) is 1. The molecule has 3 heteroatoms. The Bertz CT molecular complexity index is 165. The van der Waals surface area contributed by atoms with Gasteiger partial charge in [0.25, 0.3) is 0 Å². The summed E-state index contributed by atoms with van der Waals surface area (Å²) in [7, 11) is 0. The third-order valence-electron chi connectivity index (χ3n) is 0.961. The van der Waals surface area contributed by atoms with Crippen LogP contribution in [-0.2, 0) is 0 Å². The summed E-state index contributed by atoms with van der Waals surface area (Å²) in [6.45, 7) is 5.89. The summed E-state index contributed by atoms with van der Waals surface area (Å²) in [6.07, 6.45) is 1.62. The van der Waals surface area contributed by atoms with Crippen LogP contribution in [0.4, 0.5) is 5.82 Å². The average Bonchev–Trinajstić information content (AvgIpc) is 2.00. The van der Waals surface area contributed by atoms with E-state index in [2.05, 4.69) is 10.2 Å². The largest absolute Gasteiger partial charge is 0.382 e. The van der Waals surface area contributed by atoms with Gasteiger partial charge in [0.15, 0.2) is 0 Å². The van der Waals surface area contributed by atoms with E-state index >= 15 is 0 Å². The maximum atomic E-state index is 5.35. The van der Waals surface area contributed by atoms with Crippen LogP contribution in [0.2, 0.25) is 0 Å². The van der Waals surface area contributed by atoms with Gasteiger partial charge in [-0.05, 0) is 18.6 Å². The van der Waals surface area contributed by atoms with Crippen molar-refractivity contribution in [1.82, 2.24) is 10.2 Å². The zero-order valence-corrected chi connectivity index (χ0v) is 6.63. The highest BCUT2D eigenvalue weighted by molar-refractivity contribution is 5.34. The summed E-state index contributed by atoms with van der Waals surface area (Å²) in [6, 6.07) is 1.82. The highest BCUT2D eigenvalue weighted by Crippen LogP contribution is 1.99. The number of aromatic nitrogens is 2. The molecule has 0 spiro atoms. The molecule has 0 unspecified atom stereocenters. The van der Waals surface area contributed by atoms with Gasteiger partial charge in [0, 0.05) is 0 Å². The van der Waals surface area contributed by atoms with Crippen LogP contribution in [0.5, 0.6) is 0 Å². The summed E-state index contributed by atoms with van der Waals surface area (Å²) in [5.74, 6) is 0.507. The standard InChI is InChI=1S/C5H7N3.C2H6/c1-4-2-3-7-8-5(4)6;1-2/h2-3H,1H3,(H2,6,8);1-2H3. The summed E-state index contributed by atoms with van der Waals surface area (Å²) < 4.78 is 0. The minimum atomic E-state index is 0.507. The molecule has 0 bridgehead atoms. The summed E-state index contributed by atoms with van der Waals surface area (Å²) in [5, 5.41) is 7.18. The van der Waals surface area contributed by atoms with Crippen LogP contribution in [0, 0.1) is 6.92 Å². The van der Waals surface area contributed by atoms with E-state index in [9.17, 15) is 0 Å². The Hall–Kier alpha value is -1.12. The van der Waals surface area contributed by atoms with Crippen molar-refractivity contribution in [2.75, 3.05) is 5.73 Å². The van der Waals surface area contributed by atoms with Gasteiger partial charge in [-0.25, -0.2) is 0 Å².